The minimum absolute atomic E-state index is 0.00322. The van der Waals surface area contributed by atoms with Crippen LogP contribution in [0.2, 0.25) is 5.15 Å². The molecule has 3 saturated carbocycles. The number of amides is 3. The molecule has 3 amide bonds. The molecule has 20 nitrogen and oxygen atoms in total. The normalized spacial score (nSPS) is 15.5. The van der Waals surface area contributed by atoms with Crippen molar-refractivity contribution in [3.8, 4) is 51.5 Å². The molecule has 3 aliphatic heterocycles. The van der Waals surface area contributed by atoms with E-state index in [4.69, 9.17) is 50.3 Å². The Hall–Kier alpha value is -9.96. The lowest BCUT2D eigenvalue weighted by atomic mass is 9.82. The Labute approximate surface area is 542 Å². The van der Waals surface area contributed by atoms with Gasteiger partial charge in [-0.05, 0) is 164 Å². The number of halogens is 1. The minimum Gasteiger partial charge on any atom is -0.493 e. The molecule has 0 atom stereocenters. The van der Waals surface area contributed by atoms with Gasteiger partial charge in [-0.1, -0.05) is 72.3 Å². The first-order chi connectivity index (χ1) is 45.0. The molecule has 9 aromatic rings. The number of aromatic nitrogens is 6. The zero-order valence-electron chi connectivity index (χ0n) is 52.1. The minimum atomic E-state index is -1.46. The third kappa shape index (κ3) is 13.8. The van der Waals surface area contributed by atoms with Gasteiger partial charge in [0, 0.05) is 66.6 Å². The number of aryl methyl sites for hydroxylation is 3. The van der Waals surface area contributed by atoms with Crippen LogP contribution >= 0.6 is 11.6 Å². The van der Waals surface area contributed by atoms with Crippen molar-refractivity contribution in [2.24, 2.45) is 0 Å². The van der Waals surface area contributed by atoms with Gasteiger partial charge in [0.15, 0.2) is 0 Å². The van der Waals surface area contributed by atoms with E-state index in [1.54, 1.807) is 43.8 Å². The van der Waals surface area contributed by atoms with E-state index in [2.05, 4.69) is 59.1 Å². The number of carbonyl (C=O) groups is 3. The van der Waals surface area contributed by atoms with Gasteiger partial charge in [0.05, 0.1) is 61.7 Å². The quantitative estimate of drug-likeness (QED) is 0.0437. The van der Waals surface area contributed by atoms with E-state index in [0.29, 0.717) is 53.0 Å². The molecule has 93 heavy (non-hydrogen) atoms. The molecule has 3 aliphatic carbocycles. The van der Waals surface area contributed by atoms with Crippen LogP contribution in [0.3, 0.4) is 0 Å². The summed E-state index contributed by atoms with van der Waals surface area (Å²) in [5.74, 6) is 5.33. The molecule has 0 spiro atoms. The van der Waals surface area contributed by atoms with Crippen LogP contribution in [0.4, 0.5) is 17.5 Å². The number of rotatable bonds is 14. The Kier molecular flexibility index (Phi) is 18.2. The predicted molar refractivity (Wildman–Crippen MR) is 354 cm³/mol. The fourth-order valence-corrected chi connectivity index (χ4v) is 11.8. The van der Waals surface area contributed by atoms with Crippen molar-refractivity contribution in [2.45, 2.75) is 94.8 Å². The number of benzene rings is 3. The summed E-state index contributed by atoms with van der Waals surface area (Å²) >= 11 is 6.03. The number of methoxy groups -OCH3 is 2. The zero-order chi connectivity index (χ0) is 65.0. The average molecular weight is 1270 g/mol. The Morgan fingerprint density at radius 3 is 1.29 bits per heavy atom. The Bertz CT molecular complexity index is 4350. The van der Waals surface area contributed by atoms with Crippen molar-refractivity contribution in [3.05, 3.63) is 212 Å². The summed E-state index contributed by atoms with van der Waals surface area (Å²) in [7, 11) is 1.62. The van der Waals surface area contributed by atoms with E-state index in [0.717, 1.165) is 138 Å². The number of hydrogen-bond donors (Lipinski definition) is 6. The van der Waals surface area contributed by atoms with Crippen LogP contribution in [0, 0.1) is 20.8 Å². The summed E-state index contributed by atoms with van der Waals surface area (Å²) in [4.78, 5) is 74.7. The van der Waals surface area contributed by atoms with Gasteiger partial charge in [0.25, 0.3) is 0 Å². The monoisotopic (exact) mass is 1270 g/mol. The Morgan fingerprint density at radius 2 is 0.925 bits per heavy atom. The molecule has 0 radical (unpaired) electrons. The number of ether oxygens (including phenoxy) is 5. The number of pyridine rings is 6. The van der Waals surface area contributed by atoms with E-state index in [1.165, 1.54) is 42.1 Å². The molecular weight excluding hydrogens is 1200 g/mol. The van der Waals surface area contributed by atoms with Crippen LogP contribution in [-0.2, 0) is 49.9 Å². The highest BCUT2D eigenvalue weighted by Gasteiger charge is 2.53. The maximum atomic E-state index is 13.2. The molecule has 6 N–H and O–H groups in total. The molecule has 15 rings (SSSR count). The largest absolute Gasteiger partial charge is 0.493 e. The number of fused-ring (bicyclic) bond motifs is 3. The highest BCUT2D eigenvalue weighted by molar-refractivity contribution is 6.58. The summed E-state index contributed by atoms with van der Waals surface area (Å²) in [5.41, 5.74) is 11.6. The van der Waals surface area contributed by atoms with Crippen LogP contribution in [-0.4, -0.2) is 98.8 Å². The predicted octanol–water partition coefficient (Wildman–Crippen LogP) is 9.83. The number of nitrogens with zero attached hydrogens (tertiary/aromatic N) is 5. The Morgan fingerprint density at radius 1 is 0.516 bits per heavy atom. The molecule has 0 saturated heterocycles. The molecule has 6 aromatic heterocycles. The fourth-order valence-electron chi connectivity index (χ4n) is 11.7. The summed E-state index contributed by atoms with van der Waals surface area (Å²) in [6.07, 6.45) is 12.5. The lowest BCUT2D eigenvalue weighted by Gasteiger charge is -2.17. The molecule has 3 fully saturated rings. The van der Waals surface area contributed by atoms with Crippen LogP contribution in [0.1, 0.15) is 88.6 Å². The first-order valence-corrected chi connectivity index (χ1v) is 31.2. The van der Waals surface area contributed by atoms with Crippen molar-refractivity contribution in [1.82, 2.24) is 29.9 Å². The molecule has 9 heterocycles. The molecule has 0 unspecified atom stereocenters. The fraction of sp³-hybridized carbons (Fsp3) is 0.282. The number of carbonyl (C=O) groups excluding carboxylic acids is 3. The molecule has 474 valence electrons. The van der Waals surface area contributed by atoms with Crippen molar-refractivity contribution in [2.75, 3.05) is 50.0 Å². The molecule has 3 aromatic carbocycles. The van der Waals surface area contributed by atoms with E-state index in [9.17, 15) is 19.2 Å². The number of hydrogen-bond acceptors (Lipinski definition) is 16. The topological polar surface area (TPSA) is 271 Å². The van der Waals surface area contributed by atoms with Crippen molar-refractivity contribution < 1.29 is 48.1 Å². The standard InChI is InChI=1S/C24H23N3O3.C23H21N3O3.C18H17ClN2O2.C6H8BNO3/c1-15-3-7-20(26-22(15)17-4-8-21(29-2)25-14-17)27-23(28)24(10-11-24)18-5-6-19-16(13-18)9-12-30-19;1-14-2-6-19(25-21(14)16-3-7-20(27)24-13-16)26-22(28)23(9-10-23)17-4-5-18-15(12-17)8-11-29-18;1-11-2-5-15(20-16(11)19)21-17(22)18(7-8-18)13-3-4-14-12(10-13)6-9-23-14;1-11-6-3-2-5(4-8-6)7(9)10/h3-8,13-14H,9-12H2,1-2H3,(H,26,27,28);2-7,12-13H,8-11H2,1H3,(H,24,27)(H,25,26,28);2-5,10H,6-9H2,1H3,(H,20,21,22);2-4,9-10H,1H3. The third-order valence-electron chi connectivity index (χ3n) is 17.8. The molecule has 6 aliphatic rings. The van der Waals surface area contributed by atoms with Gasteiger partial charge < -0.3 is 54.7 Å². The zero-order valence-corrected chi connectivity index (χ0v) is 52.9. The number of aromatic amines is 1. The summed E-state index contributed by atoms with van der Waals surface area (Å²) in [6, 6.07) is 39.6. The highest BCUT2D eigenvalue weighted by Crippen LogP contribution is 2.52. The second-order valence-electron chi connectivity index (χ2n) is 23.9. The van der Waals surface area contributed by atoms with Crippen molar-refractivity contribution in [1.29, 1.82) is 0 Å². The highest BCUT2D eigenvalue weighted by atomic mass is 35.5. The smallest absolute Gasteiger partial charge is 0.490 e. The van der Waals surface area contributed by atoms with Gasteiger partial charge in [-0.15, -0.1) is 0 Å². The number of nitrogens with one attached hydrogen (secondary N) is 4. The Balaban J connectivity index is 0.000000125. The molecule has 0 bridgehead atoms. The van der Waals surface area contributed by atoms with Crippen LogP contribution in [0.15, 0.2) is 151 Å². The average Bonchev–Trinajstić information content (AvgIpc) is 1.62. The summed E-state index contributed by atoms with van der Waals surface area (Å²) in [5, 5.41) is 26.7. The lowest BCUT2D eigenvalue weighted by molar-refractivity contribution is -0.119. The molecule has 22 heteroatoms. The van der Waals surface area contributed by atoms with Crippen LogP contribution in [0.25, 0.3) is 22.5 Å². The van der Waals surface area contributed by atoms with Gasteiger partial charge >= 0.3 is 7.12 Å². The lowest BCUT2D eigenvalue weighted by Crippen LogP contribution is -2.29. The van der Waals surface area contributed by atoms with Gasteiger partial charge in [-0.25, -0.2) is 24.9 Å². The van der Waals surface area contributed by atoms with Crippen molar-refractivity contribution in [3.63, 3.8) is 0 Å². The van der Waals surface area contributed by atoms with E-state index in [1.807, 2.05) is 93.6 Å². The van der Waals surface area contributed by atoms with E-state index in [-0.39, 0.29) is 23.3 Å². The van der Waals surface area contributed by atoms with Gasteiger partial charge in [0.2, 0.25) is 35.0 Å². The second kappa shape index (κ2) is 26.7. The number of anilines is 3. The number of H-pyrrole nitrogens is 1. The van der Waals surface area contributed by atoms with Gasteiger partial charge in [-0.3, -0.25) is 19.2 Å². The summed E-state index contributed by atoms with van der Waals surface area (Å²) in [6.45, 7) is 7.98. The molecular formula is C71H69BClN9O11. The summed E-state index contributed by atoms with van der Waals surface area (Å²) < 4.78 is 26.6. The SMILES string of the molecule is COc1ccc(-c2nc(NC(=O)C3(c4ccc5c(c4)CCO5)CC3)ccc2C)cn1.COc1ccc(B(O)O)cn1.Cc1ccc(NC(=O)C2(c3ccc4c(c3)CCO4)CC2)nc1-c1ccc(=O)[nH]c1.Cc1ccc(NC(=O)C2(c3ccc4c(c3)CCO4)CC2)nc1Cl. The third-order valence-corrected chi connectivity index (χ3v) is 18.2. The van der Waals surface area contributed by atoms with Crippen molar-refractivity contribution >= 4 is 59.4 Å². The maximum absolute atomic E-state index is 13.2. The maximum Gasteiger partial charge on any atom is 0.490 e. The van der Waals surface area contributed by atoms with Gasteiger partial charge in [0.1, 0.15) is 39.9 Å². The van der Waals surface area contributed by atoms with E-state index < -0.39 is 23.4 Å². The van der Waals surface area contributed by atoms with Gasteiger partial charge in [-0.2, -0.15) is 0 Å². The van der Waals surface area contributed by atoms with E-state index >= 15 is 0 Å². The second-order valence-corrected chi connectivity index (χ2v) is 24.3. The first-order valence-electron chi connectivity index (χ1n) is 30.8. The first kappa shape index (κ1) is 63.2. The van der Waals surface area contributed by atoms with Crippen LogP contribution in [0.5, 0.6) is 29.0 Å². The van der Waals surface area contributed by atoms with Crippen LogP contribution < -0.4 is 50.7 Å².